The number of fused-ring (bicyclic) bond motifs is 1. The van der Waals surface area contributed by atoms with E-state index in [-0.39, 0.29) is 18.2 Å². The van der Waals surface area contributed by atoms with Crippen LogP contribution in [0.4, 0.5) is 0 Å². The number of carbonyl (C=O) groups is 2. The molecule has 0 unspecified atom stereocenters. The number of methoxy groups -OCH3 is 1. The quantitative estimate of drug-likeness (QED) is 0.784. The van der Waals surface area contributed by atoms with Gasteiger partial charge in [0, 0.05) is 0 Å². The van der Waals surface area contributed by atoms with E-state index >= 15 is 0 Å². The minimum Gasteiger partial charge on any atom is -0.465 e. The molecule has 1 saturated carbocycles. The van der Waals surface area contributed by atoms with Crippen molar-refractivity contribution in [2.75, 3.05) is 7.11 Å². The van der Waals surface area contributed by atoms with E-state index in [4.69, 9.17) is 9.47 Å². The second-order valence-electron chi connectivity index (χ2n) is 5.80. The van der Waals surface area contributed by atoms with Gasteiger partial charge in [-0.2, -0.15) is 0 Å². The molecule has 8 heteroatoms. The molecule has 0 bridgehead atoms. The highest BCUT2D eigenvalue weighted by atomic mass is 32.1. The molecule has 1 aliphatic rings. The summed E-state index contributed by atoms with van der Waals surface area (Å²) in [4.78, 5) is 41.4. The molecule has 1 aliphatic carbocycles. The molecule has 24 heavy (non-hydrogen) atoms. The molecule has 0 N–H and O–H groups in total. The SMILES string of the molecule is COC(=O)c1sc2ncn(CC(=O)OC3CCCC3)c(=O)c2c1C. The summed E-state index contributed by atoms with van der Waals surface area (Å²) < 4.78 is 11.3. The second-order valence-corrected chi connectivity index (χ2v) is 6.80. The summed E-state index contributed by atoms with van der Waals surface area (Å²) in [6.45, 7) is 1.50. The molecule has 0 aliphatic heterocycles. The largest absolute Gasteiger partial charge is 0.465 e. The highest BCUT2D eigenvalue weighted by Crippen LogP contribution is 2.27. The van der Waals surface area contributed by atoms with E-state index in [0.29, 0.717) is 20.7 Å². The first kappa shape index (κ1) is 16.6. The van der Waals surface area contributed by atoms with Crippen LogP contribution in [0, 0.1) is 6.92 Å². The van der Waals surface area contributed by atoms with Crippen LogP contribution in [0.15, 0.2) is 11.1 Å². The Hall–Kier alpha value is -2.22. The molecule has 0 amide bonds. The predicted octanol–water partition coefficient (Wildman–Crippen LogP) is 2.04. The zero-order valence-corrected chi connectivity index (χ0v) is 14.4. The number of thiophene rings is 1. The van der Waals surface area contributed by atoms with Gasteiger partial charge in [0.1, 0.15) is 22.4 Å². The van der Waals surface area contributed by atoms with E-state index in [1.54, 1.807) is 6.92 Å². The number of aromatic nitrogens is 2. The van der Waals surface area contributed by atoms with E-state index in [2.05, 4.69) is 4.98 Å². The highest BCUT2D eigenvalue weighted by Gasteiger charge is 2.22. The Bertz CT molecular complexity index is 848. The van der Waals surface area contributed by atoms with E-state index < -0.39 is 11.9 Å². The summed E-state index contributed by atoms with van der Waals surface area (Å²) in [6.07, 6.45) is 5.16. The summed E-state index contributed by atoms with van der Waals surface area (Å²) in [7, 11) is 1.29. The molecule has 2 heterocycles. The molecule has 0 aromatic carbocycles. The number of ether oxygens (including phenoxy) is 2. The maximum Gasteiger partial charge on any atom is 0.348 e. The third kappa shape index (κ3) is 3.06. The van der Waals surface area contributed by atoms with Crippen LogP contribution in [0.3, 0.4) is 0 Å². The molecule has 7 nitrogen and oxygen atoms in total. The van der Waals surface area contributed by atoms with E-state index in [9.17, 15) is 14.4 Å². The van der Waals surface area contributed by atoms with Crippen LogP contribution >= 0.6 is 11.3 Å². The average molecular weight is 350 g/mol. The Kier molecular flexibility index (Phi) is 4.66. The van der Waals surface area contributed by atoms with Crippen LogP contribution < -0.4 is 5.56 Å². The van der Waals surface area contributed by atoms with Crippen molar-refractivity contribution in [3.8, 4) is 0 Å². The van der Waals surface area contributed by atoms with Crippen molar-refractivity contribution in [3.63, 3.8) is 0 Å². The van der Waals surface area contributed by atoms with Crippen molar-refractivity contribution in [3.05, 3.63) is 27.1 Å². The Morgan fingerprint density at radius 1 is 1.38 bits per heavy atom. The first-order valence-corrected chi connectivity index (χ1v) is 8.59. The van der Waals surface area contributed by atoms with Crippen molar-refractivity contribution in [1.29, 1.82) is 0 Å². The average Bonchev–Trinajstić information content (AvgIpc) is 3.17. The van der Waals surface area contributed by atoms with Crippen molar-refractivity contribution < 1.29 is 19.1 Å². The monoisotopic (exact) mass is 350 g/mol. The maximum atomic E-state index is 12.6. The van der Waals surface area contributed by atoms with E-state index in [0.717, 1.165) is 37.0 Å². The summed E-state index contributed by atoms with van der Waals surface area (Å²) in [5, 5.41) is 0.344. The molecule has 128 valence electrons. The smallest absolute Gasteiger partial charge is 0.348 e. The molecule has 0 radical (unpaired) electrons. The minimum atomic E-state index is -0.498. The normalized spacial score (nSPS) is 14.9. The van der Waals surface area contributed by atoms with Crippen LogP contribution in [-0.2, 0) is 20.8 Å². The van der Waals surface area contributed by atoms with Gasteiger partial charge in [-0.15, -0.1) is 11.3 Å². The lowest BCUT2D eigenvalue weighted by Gasteiger charge is -2.12. The van der Waals surface area contributed by atoms with Gasteiger partial charge in [-0.3, -0.25) is 14.2 Å². The molecular weight excluding hydrogens is 332 g/mol. The van der Waals surface area contributed by atoms with Crippen LogP contribution in [0.25, 0.3) is 10.2 Å². The summed E-state index contributed by atoms with van der Waals surface area (Å²) in [6, 6.07) is 0. The van der Waals surface area contributed by atoms with Crippen molar-refractivity contribution in [1.82, 2.24) is 9.55 Å². The summed E-state index contributed by atoms with van der Waals surface area (Å²) in [5.74, 6) is -0.937. The number of esters is 2. The Morgan fingerprint density at radius 2 is 2.08 bits per heavy atom. The lowest BCUT2D eigenvalue weighted by Crippen LogP contribution is -2.27. The molecule has 0 saturated heterocycles. The molecule has 2 aromatic heterocycles. The fourth-order valence-corrected chi connectivity index (χ4v) is 3.99. The minimum absolute atomic E-state index is 0.0429. The molecule has 0 atom stereocenters. The third-order valence-corrected chi connectivity index (χ3v) is 5.37. The van der Waals surface area contributed by atoms with Crippen molar-refractivity contribution in [2.24, 2.45) is 0 Å². The first-order valence-electron chi connectivity index (χ1n) is 7.77. The number of rotatable bonds is 4. The van der Waals surface area contributed by atoms with E-state index in [1.165, 1.54) is 18.0 Å². The van der Waals surface area contributed by atoms with Crippen LogP contribution in [-0.4, -0.2) is 34.7 Å². The topological polar surface area (TPSA) is 87.5 Å². The fraction of sp³-hybridized carbons (Fsp3) is 0.500. The fourth-order valence-electron chi connectivity index (χ4n) is 2.93. The molecule has 0 spiro atoms. The molecule has 1 fully saturated rings. The summed E-state index contributed by atoms with van der Waals surface area (Å²) >= 11 is 1.11. The lowest BCUT2D eigenvalue weighted by atomic mass is 10.2. The van der Waals surface area contributed by atoms with Crippen LogP contribution in [0.2, 0.25) is 0 Å². The molecule has 2 aromatic rings. The number of hydrogen-bond donors (Lipinski definition) is 0. The highest BCUT2D eigenvalue weighted by molar-refractivity contribution is 7.20. The third-order valence-electron chi connectivity index (χ3n) is 4.19. The van der Waals surface area contributed by atoms with Gasteiger partial charge in [0.05, 0.1) is 18.8 Å². The van der Waals surface area contributed by atoms with Gasteiger partial charge in [0.2, 0.25) is 0 Å². The first-order chi connectivity index (χ1) is 11.5. The molecule has 3 rings (SSSR count). The Balaban J connectivity index is 1.88. The van der Waals surface area contributed by atoms with Crippen LogP contribution in [0.5, 0.6) is 0 Å². The number of nitrogens with zero attached hydrogens (tertiary/aromatic N) is 2. The lowest BCUT2D eigenvalue weighted by molar-refractivity contribution is -0.149. The van der Waals surface area contributed by atoms with Crippen LogP contribution in [0.1, 0.15) is 40.9 Å². The number of aryl methyl sites for hydroxylation is 1. The van der Waals surface area contributed by atoms with Gasteiger partial charge in [0.15, 0.2) is 0 Å². The van der Waals surface area contributed by atoms with Crippen molar-refractivity contribution in [2.45, 2.75) is 45.3 Å². The number of hydrogen-bond acceptors (Lipinski definition) is 7. The van der Waals surface area contributed by atoms with Gasteiger partial charge in [-0.1, -0.05) is 0 Å². The van der Waals surface area contributed by atoms with E-state index in [1.807, 2.05) is 0 Å². The second kappa shape index (κ2) is 6.72. The molecular formula is C16H18N2O5S. The van der Waals surface area contributed by atoms with Gasteiger partial charge >= 0.3 is 11.9 Å². The van der Waals surface area contributed by atoms with Crippen molar-refractivity contribution >= 4 is 33.5 Å². The Labute approximate surface area is 142 Å². The predicted molar refractivity (Wildman–Crippen MR) is 88.3 cm³/mol. The summed E-state index contributed by atoms with van der Waals surface area (Å²) in [5.41, 5.74) is 0.171. The maximum absolute atomic E-state index is 12.6. The zero-order valence-electron chi connectivity index (χ0n) is 13.5. The zero-order chi connectivity index (χ0) is 17.3. The van der Waals surface area contributed by atoms with Gasteiger partial charge in [-0.25, -0.2) is 9.78 Å². The van der Waals surface area contributed by atoms with Gasteiger partial charge < -0.3 is 9.47 Å². The van der Waals surface area contributed by atoms with Gasteiger partial charge in [-0.05, 0) is 38.2 Å². The standard InChI is InChI=1S/C16H18N2O5S/c1-9-12-14(24-13(9)16(21)22-2)17-8-18(15(12)20)7-11(19)23-10-5-3-4-6-10/h8,10H,3-7H2,1-2H3. The Morgan fingerprint density at radius 3 is 2.75 bits per heavy atom. The van der Waals surface area contributed by atoms with Gasteiger partial charge in [0.25, 0.3) is 5.56 Å². The number of carbonyl (C=O) groups excluding carboxylic acids is 2.